The van der Waals surface area contributed by atoms with E-state index in [9.17, 15) is 35.7 Å². The summed E-state index contributed by atoms with van der Waals surface area (Å²) in [6.45, 7) is -1.26. The van der Waals surface area contributed by atoms with Crippen molar-refractivity contribution in [3.8, 4) is 5.75 Å². The molecule has 176 valence electrons. The van der Waals surface area contributed by atoms with E-state index in [4.69, 9.17) is 18.9 Å². The van der Waals surface area contributed by atoms with Crippen LogP contribution in [0.2, 0.25) is 0 Å². The van der Waals surface area contributed by atoms with E-state index in [0.29, 0.717) is 11.4 Å². The second kappa shape index (κ2) is 10.4. The molecule has 3 rings (SSSR count). The summed E-state index contributed by atoms with van der Waals surface area (Å²) in [5.41, 5.74) is 0.557. The molecule has 0 radical (unpaired) electrons. The van der Waals surface area contributed by atoms with Gasteiger partial charge in [-0.15, -0.1) is 0 Å². The predicted molar refractivity (Wildman–Crippen MR) is 103 cm³/mol. The molecule has 0 spiro atoms. The molecular formula is C19H29NO11. The summed E-state index contributed by atoms with van der Waals surface area (Å²) in [6, 6.07) is 6.71. The van der Waals surface area contributed by atoms with Crippen LogP contribution in [0.15, 0.2) is 24.3 Å². The SMILES string of the molecule is COc1ccc(N[C@@H]2O[C@H](CO)[C@@H](O[C@@H]3O[C@H](CO)[C@H](O)[C@H](O)[C@H]3O)[C@H](O)[C@H]2O)cc1. The van der Waals surface area contributed by atoms with Crippen molar-refractivity contribution in [1.82, 2.24) is 0 Å². The van der Waals surface area contributed by atoms with Crippen molar-refractivity contribution in [2.24, 2.45) is 0 Å². The fourth-order valence-corrected chi connectivity index (χ4v) is 3.56. The molecule has 0 aliphatic carbocycles. The average molecular weight is 447 g/mol. The molecular weight excluding hydrogens is 418 g/mol. The van der Waals surface area contributed by atoms with Crippen molar-refractivity contribution in [2.45, 2.75) is 61.3 Å². The van der Waals surface area contributed by atoms with Gasteiger partial charge in [0, 0.05) is 5.69 Å². The lowest BCUT2D eigenvalue weighted by molar-refractivity contribution is -0.340. The van der Waals surface area contributed by atoms with Crippen LogP contribution in [0.4, 0.5) is 5.69 Å². The van der Waals surface area contributed by atoms with E-state index < -0.39 is 74.6 Å². The third kappa shape index (κ3) is 5.09. The van der Waals surface area contributed by atoms with Crippen LogP contribution < -0.4 is 10.1 Å². The average Bonchev–Trinajstić information content (AvgIpc) is 2.79. The molecule has 0 saturated carbocycles. The second-order valence-electron chi connectivity index (χ2n) is 7.43. The number of hydrogen-bond donors (Lipinski definition) is 8. The molecule has 0 bridgehead atoms. The standard InChI is InChI=1S/C19H29NO11/c1-28-9-4-2-8(3-5-9)20-18-15(26)14(25)17(11(7-22)29-18)31-19-16(27)13(24)12(23)10(6-21)30-19/h2-5,10-27H,6-7H2,1H3/t10-,11-,12+,13+,14-,15-,16-,17-,18-,19+/m1/s1. The highest BCUT2D eigenvalue weighted by molar-refractivity contribution is 5.47. The number of anilines is 1. The summed E-state index contributed by atoms with van der Waals surface area (Å²) >= 11 is 0. The second-order valence-corrected chi connectivity index (χ2v) is 7.43. The third-order valence-corrected chi connectivity index (χ3v) is 5.40. The van der Waals surface area contributed by atoms with Crippen LogP contribution in [0.3, 0.4) is 0 Å². The van der Waals surface area contributed by atoms with Gasteiger partial charge in [-0.1, -0.05) is 0 Å². The molecule has 0 amide bonds. The molecule has 8 N–H and O–H groups in total. The normalized spacial score (nSPS) is 41.0. The molecule has 31 heavy (non-hydrogen) atoms. The van der Waals surface area contributed by atoms with Crippen LogP contribution in [0, 0.1) is 0 Å². The molecule has 0 unspecified atom stereocenters. The quantitative estimate of drug-likeness (QED) is 0.208. The molecule has 2 aliphatic rings. The number of benzene rings is 1. The number of rotatable bonds is 7. The minimum atomic E-state index is -1.71. The molecule has 10 atom stereocenters. The van der Waals surface area contributed by atoms with E-state index in [1.807, 2.05) is 0 Å². The van der Waals surface area contributed by atoms with Gasteiger partial charge in [-0.25, -0.2) is 0 Å². The number of aliphatic hydroxyl groups is 7. The Kier molecular flexibility index (Phi) is 8.04. The monoisotopic (exact) mass is 447 g/mol. The number of ether oxygens (including phenoxy) is 4. The van der Waals surface area contributed by atoms with E-state index in [-0.39, 0.29) is 0 Å². The fraction of sp³-hybridized carbons (Fsp3) is 0.684. The Balaban J connectivity index is 1.70. The van der Waals surface area contributed by atoms with Gasteiger partial charge in [-0.2, -0.15) is 0 Å². The highest BCUT2D eigenvalue weighted by atomic mass is 16.7. The minimum Gasteiger partial charge on any atom is -0.497 e. The predicted octanol–water partition coefficient (Wildman–Crippen LogP) is -3.27. The third-order valence-electron chi connectivity index (χ3n) is 5.40. The van der Waals surface area contributed by atoms with Crippen molar-refractivity contribution >= 4 is 5.69 Å². The van der Waals surface area contributed by atoms with Crippen LogP contribution in [-0.4, -0.2) is 117 Å². The van der Waals surface area contributed by atoms with Crippen LogP contribution in [-0.2, 0) is 14.2 Å². The maximum atomic E-state index is 10.6. The number of hydrogen-bond acceptors (Lipinski definition) is 12. The van der Waals surface area contributed by atoms with Crippen LogP contribution >= 0.6 is 0 Å². The number of aliphatic hydroxyl groups excluding tert-OH is 7. The summed E-state index contributed by atoms with van der Waals surface area (Å²) in [5.74, 6) is 0.622. The minimum absolute atomic E-state index is 0.557. The molecule has 12 nitrogen and oxygen atoms in total. The molecule has 12 heteroatoms. The van der Waals surface area contributed by atoms with Crippen molar-refractivity contribution in [2.75, 3.05) is 25.6 Å². The lowest BCUT2D eigenvalue weighted by Crippen LogP contribution is -2.65. The Hall–Kier alpha value is -1.58. The first kappa shape index (κ1) is 24.1. The number of methoxy groups -OCH3 is 1. The Bertz CT molecular complexity index is 688. The molecule has 2 fully saturated rings. The lowest BCUT2D eigenvalue weighted by atomic mass is 9.96. The zero-order chi connectivity index (χ0) is 22.7. The van der Waals surface area contributed by atoms with Crippen molar-refractivity contribution < 1.29 is 54.7 Å². The van der Waals surface area contributed by atoms with E-state index in [2.05, 4.69) is 5.32 Å². The highest BCUT2D eigenvalue weighted by Crippen LogP contribution is 2.30. The van der Waals surface area contributed by atoms with Gasteiger partial charge in [0.25, 0.3) is 0 Å². The molecule has 0 aromatic heterocycles. The van der Waals surface area contributed by atoms with Crippen LogP contribution in [0.5, 0.6) is 5.75 Å². The Morgan fingerprint density at radius 1 is 0.806 bits per heavy atom. The summed E-state index contributed by atoms with van der Waals surface area (Å²) in [5, 5.41) is 72.9. The lowest BCUT2D eigenvalue weighted by Gasteiger charge is -2.46. The Labute approximate surface area is 178 Å². The Morgan fingerprint density at radius 3 is 2.03 bits per heavy atom. The van der Waals surface area contributed by atoms with E-state index >= 15 is 0 Å². The molecule has 1 aromatic rings. The molecule has 2 aliphatic heterocycles. The van der Waals surface area contributed by atoms with E-state index in [1.54, 1.807) is 24.3 Å². The van der Waals surface area contributed by atoms with E-state index in [1.165, 1.54) is 7.11 Å². The van der Waals surface area contributed by atoms with Crippen LogP contribution in [0.1, 0.15) is 0 Å². The van der Waals surface area contributed by atoms with Crippen LogP contribution in [0.25, 0.3) is 0 Å². The smallest absolute Gasteiger partial charge is 0.187 e. The van der Waals surface area contributed by atoms with Gasteiger partial charge in [0.15, 0.2) is 12.5 Å². The summed E-state index contributed by atoms with van der Waals surface area (Å²) in [4.78, 5) is 0. The fourth-order valence-electron chi connectivity index (χ4n) is 3.56. The highest BCUT2D eigenvalue weighted by Gasteiger charge is 2.50. The van der Waals surface area contributed by atoms with Gasteiger partial charge >= 0.3 is 0 Å². The maximum absolute atomic E-state index is 10.6. The Morgan fingerprint density at radius 2 is 1.45 bits per heavy atom. The molecule has 2 saturated heterocycles. The first-order chi connectivity index (χ1) is 14.8. The van der Waals surface area contributed by atoms with Gasteiger partial charge in [0.1, 0.15) is 54.6 Å². The summed E-state index contributed by atoms with van der Waals surface area (Å²) in [6.07, 6.45) is -14.4. The van der Waals surface area contributed by atoms with Gasteiger partial charge in [0.2, 0.25) is 0 Å². The first-order valence-electron chi connectivity index (χ1n) is 9.79. The summed E-state index contributed by atoms with van der Waals surface area (Å²) in [7, 11) is 1.52. The molecule has 1 aromatic carbocycles. The summed E-state index contributed by atoms with van der Waals surface area (Å²) < 4.78 is 21.5. The van der Waals surface area contributed by atoms with Gasteiger partial charge in [0.05, 0.1) is 20.3 Å². The number of nitrogens with one attached hydrogen (secondary N) is 1. The van der Waals surface area contributed by atoms with Crippen molar-refractivity contribution in [1.29, 1.82) is 0 Å². The first-order valence-corrected chi connectivity index (χ1v) is 9.79. The topological polar surface area (TPSA) is 191 Å². The molecule has 2 heterocycles. The van der Waals surface area contributed by atoms with Gasteiger partial charge in [-0.05, 0) is 24.3 Å². The zero-order valence-corrected chi connectivity index (χ0v) is 16.8. The van der Waals surface area contributed by atoms with Gasteiger partial charge in [-0.3, -0.25) is 0 Å². The van der Waals surface area contributed by atoms with E-state index in [0.717, 1.165) is 0 Å². The largest absolute Gasteiger partial charge is 0.497 e. The maximum Gasteiger partial charge on any atom is 0.187 e. The van der Waals surface area contributed by atoms with Crippen molar-refractivity contribution in [3.05, 3.63) is 24.3 Å². The zero-order valence-electron chi connectivity index (χ0n) is 16.8. The van der Waals surface area contributed by atoms with Crippen molar-refractivity contribution in [3.63, 3.8) is 0 Å². The van der Waals surface area contributed by atoms with Gasteiger partial charge < -0.3 is 60.0 Å².